The van der Waals surface area contributed by atoms with Gasteiger partial charge in [-0.2, -0.15) is 0 Å². The molecule has 1 aliphatic heterocycles. The molecule has 0 spiro atoms. The van der Waals surface area contributed by atoms with Crippen LogP contribution >= 0.6 is 0 Å². The fraction of sp³-hybridized carbons (Fsp3) is 0.438. The molecular formula is C16H21N3O2. The van der Waals surface area contributed by atoms with Gasteiger partial charge in [0, 0.05) is 37.2 Å². The molecule has 0 saturated carbocycles. The number of hydrogen-bond donors (Lipinski definition) is 1. The van der Waals surface area contributed by atoms with Gasteiger partial charge in [0.25, 0.3) is 0 Å². The van der Waals surface area contributed by atoms with Crippen molar-refractivity contribution in [2.45, 2.75) is 26.1 Å². The Hall–Kier alpha value is -2.01. The molecule has 1 saturated heterocycles. The van der Waals surface area contributed by atoms with Crippen LogP contribution in [0.3, 0.4) is 0 Å². The lowest BCUT2D eigenvalue weighted by Crippen LogP contribution is -2.49. The number of hydrogen-bond acceptors (Lipinski definition) is 2. The van der Waals surface area contributed by atoms with Crippen molar-refractivity contribution in [3.8, 4) is 0 Å². The summed E-state index contributed by atoms with van der Waals surface area (Å²) in [5.41, 5.74) is 1.96. The van der Waals surface area contributed by atoms with Crippen LogP contribution in [0.15, 0.2) is 30.5 Å². The van der Waals surface area contributed by atoms with Gasteiger partial charge in [-0.25, -0.2) is 4.79 Å². The zero-order valence-electron chi connectivity index (χ0n) is 12.7. The molecule has 21 heavy (non-hydrogen) atoms. The maximum Gasteiger partial charge on any atom is 0.322 e. The number of anilines is 1. The molecule has 5 heteroatoms. The Balaban J connectivity index is 1.80. The van der Waals surface area contributed by atoms with Gasteiger partial charge in [0.1, 0.15) is 0 Å². The Bertz CT molecular complexity index is 655. The van der Waals surface area contributed by atoms with Crippen molar-refractivity contribution in [2.24, 2.45) is 7.05 Å². The highest BCUT2D eigenvalue weighted by molar-refractivity contribution is 6.01. The minimum absolute atomic E-state index is 0.0617. The van der Waals surface area contributed by atoms with Gasteiger partial charge in [0.2, 0.25) is 0 Å². The van der Waals surface area contributed by atoms with Gasteiger partial charge in [0.05, 0.1) is 17.9 Å². The number of rotatable bonds is 1. The highest BCUT2D eigenvalue weighted by Gasteiger charge is 2.26. The van der Waals surface area contributed by atoms with Gasteiger partial charge < -0.3 is 19.5 Å². The number of carbonyl (C=O) groups excluding carboxylic acids is 1. The third-order valence-electron chi connectivity index (χ3n) is 3.85. The van der Waals surface area contributed by atoms with Crippen molar-refractivity contribution >= 4 is 22.6 Å². The summed E-state index contributed by atoms with van der Waals surface area (Å²) >= 11 is 0. The largest absolute Gasteiger partial charge is 0.372 e. The van der Waals surface area contributed by atoms with Crippen molar-refractivity contribution in [1.29, 1.82) is 0 Å². The SMILES string of the molecule is C[C@@H]1CN(C(=O)Nc2cn(C)c3ccccc23)C[C@@H](C)O1. The smallest absolute Gasteiger partial charge is 0.322 e. The summed E-state index contributed by atoms with van der Waals surface area (Å²) in [5.74, 6) is 0. The molecule has 2 amide bonds. The van der Waals surface area contributed by atoms with E-state index in [9.17, 15) is 4.79 Å². The summed E-state index contributed by atoms with van der Waals surface area (Å²) in [6.45, 7) is 5.24. The number of aromatic nitrogens is 1. The Morgan fingerprint density at radius 1 is 1.24 bits per heavy atom. The molecular weight excluding hydrogens is 266 g/mol. The number of amides is 2. The number of para-hydroxylation sites is 1. The lowest BCUT2D eigenvalue weighted by atomic mass is 10.2. The molecule has 0 aliphatic carbocycles. The maximum absolute atomic E-state index is 12.5. The van der Waals surface area contributed by atoms with Crippen LogP contribution in [0.25, 0.3) is 10.9 Å². The van der Waals surface area contributed by atoms with Crippen molar-refractivity contribution in [3.05, 3.63) is 30.5 Å². The van der Waals surface area contributed by atoms with Crippen molar-refractivity contribution < 1.29 is 9.53 Å². The van der Waals surface area contributed by atoms with Gasteiger partial charge >= 0.3 is 6.03 Å². The van der Waals surface area contributed by atoms with Crippen LogP contribution in [0.2, 0.25) is 0 Å². The Morgan fingerprint density at radius 3 is 2.62 bits per heavy atom. The number of benzene rings is 1. The molecule has 1 N–H and O–H groups in total. The summed E-state index contributed by atoms with van der Waals surface area (Å²) in [5, 5.41) is 4.09. The summed E-state index contributed by atoms with van der Waals surface area (Å²) in [7, 11) is 1.98. The number of ether oxygens (including phenoxy) is 1. The number of carbonyl (C=O) groups is 1. The van der Waals surface area contributed by atoms with Crippen LogP contribution in [0.1, 0.15) is 13.8 Å². The second-order valence-electron chi connectivity index (χ2n) is 5.76. The summed E-state index contributed by atoms with van der Waals surface area (Å²) in [6.07, 6.45) is 2.11. The lowest BCUT2D eigenvalue weighted by Gasteiger charge is -2.35. The second-order valence-corrected chi connectivity index (χ2v) is 5.76. The predicted octanol–water partition coefficient (Wildman–Crippen LogP) is 2.82. The van der Waals surface area contributed by atoms with Gasteiger partial charge in [-0.05, 0) is 19.9 Å². The van der Waals surface area contributed by atoms with Gasteiger partial charge in [-0.1, -0.05) is 18.2 Å². The average Bonchev–Trinajstić information content (AvgIpc) is 2.75. The molecule has 112 valence electrons. The highest BCUT2D eigenvalue weighted by Crippen LogP contribution is 2.25. The molecule has 1 aliphatic rings. The molecule has 0 radical (unpaired) electrons. The normalized spacial score (nSPS) is 22.5. The number of nitrogens with zero attached hydrogens (tertiary/aromatic N) is 2. The Kier molecular flexibility index (Phi) is 3.59. The van der Waals surface area contributed by atoms with Gasteiger partial charge in [-0.15, -0.1) is 0 Å². The van der Waals surface area contributed by atoms with Crippen LogP contribution in [0.4, 0.5) is 10.5 Å². The van der Waals surface area contributed by atoms with Crippen LogP contribution in [0.5, 0.6) is 0 Å². The van der Waals surface area contributed by atoms with E-state index in [-0.39, 0.29) is 18.2 Å². The standard InChI is InChI=1S/C16H21N3O2/c1-11-8-19(9-12(2)21-11)16(20)17-14-10-18(3)15-7-5-4-6-13(14)15/h4-7,10-12H,8-9H2,1-3H3,(H,17,20)/t11-,12-/m1/s1. The first-order valence-electron chi connectivity index (χ1n) is 7.30. The number of fused-ring (bicyclic) bond motifs is 1. The molecule has 2 aromatic rings. The Labute approximate surface area is 124 Å². The van der Waals surface area contributed by atoms with Crippen LogP contribution in [0, 0.1) is 0 Å². The summed E-state index contributed by atoms with van der Waals surface area (Å²) in [6, 6.07) is 7.99. The molecule has 1 fully saturated rings. The van der Waals surface area contributed by atoms with E-state index in [1.54, 1.807) is 0 Å². The first-order chi connectivity index (χ1) is 10.0. The number of morpholine rings is 1. The highest BCUT2D eigenvalue weighted by atomic mass is 16.5. The van der Waals surface area contributed by atoms with Crippen LogP contribution in [-0.4, -0.2) is 40.8 Å². The molecule has 2 atom stereocenters. The van der Waals surface area contributed by atoms with E-state index < -0.39 is 0 Å². The molecule has 1 aromatic carbocycles. The molecule has 0 unspecified atom stereocenters. The van der Waals surface area contributed by atoms with E-state index in [4.69, 9.17) is 4.74 Å². The van der Waals surface area contributed by atoms with E-state index in [1.807, 2.05) is 60.8 Å². The first-order valence-corrected chi connectivity index (χ1v) is 7.30. The van der Waals surface area contributed by atoms with Gasteiger partial charge in [0.15, 0.2) is 0 Å². The minimum atomic E-state index is -0.0617. The van der Waals surface area contributed by atoms with Crippen LogP contribution in [-0.2, 0) is 11.8 Å². The summed E-state index contributed by atoms with van der Waals surface area (Å²) in [4.78, 5) is 14.3. The van der Waals surface area contributed by atoms with E-state index in [0.717, 1.165) is 16.6 Å². The summed E-state index contributed by atoms with van der Waals surface area (Å²) < 4.78 is 7.69. The van der Waals surface area contributed by atoms with E-state index in [1.165, 1.54) is 0 Å². The van der Waals surface area contributed by atoms with Gasteiger partial charge in [-0.3, -0.25) is 0 Å². The molecule has 0 bridgehead atoms. The second kappa shape index (κ2) is 5.41. The zero-order chi connectivity index (χ0) is 15.0. The third-order valence-corrected chi connectivity index (χ3v) is 3.85. The van der Waals surface area contributed by atoms with Crippen molar-refractivity contribution in [1.82, 2.24) is 9.47 Å². The first kappa shape index (κ1) is 13.9. The van der Waals surface area contributed by atoms with Crippen molar-refractivity contribution in [2.75, 3.05) is 18.4 Å². The maximum atomic E-state index is 12.5. The molecule has 3 rings (SSSR count). The Morgan fingerprint density at radius 2 is 1.90 bits per heavy atom. The lowest BCUT2D eigenvalue weighted by molar-refractivity contribution is -0.0530. The monoisotopic (exact) mass is 287 g/mol. The van der Waals surface area contributed by atoms with Crippen LogP contribution < -0.4 is 5.32 Å². The van der Waals surface area contributed by atoms with E-state index >= 15 is 0 Å². The third kappa shape index (κ3) is 2.74. The minimum Gasteiger partial charge on any atom is -0.372 e. The van der Waals surface area contributed by atoms with Crippen molar-refractivity contribution in [3.63, 3.8) is 0 Å². The quantitative estimate of drug-likeness (QED) is 0.876. The number of urea groups is 1. The molecule has 1 aromatic heterocycles. The zero-order valence-corrected chi connectivity index (χ0v) is 12.7. The molecule has 2 heterocycles. The average molecular weight is 287 g/mol. The van der Waals surface area contributed by atoms with E-state index in [2.05, 4.69) is 5.32 Å². The fourth-order valence-electron chi connectivity index (χ4n) is 2.98. The van der Waals surface area contributed by atoms with E-state index in [0.29, 0.717) is 13.1 Å². The fourth-order valence-corrected chi connectivity index (χ4v) is 2.98. The molecule has 5 nitrogen and oxygen atoms in total. The number of nitrogens with one attached hydrogen (secondary N) is 1. The topological polar surface area (TPSA) is 46.5 Å². The predicted molar refractivity (Wildman–Crippen MR) is 83.5 cm³/mol. The number of aryl methyl sites for hydroxylation is 1.